The van der Waals surface area contributed by atoms with Gasteiger partial charge in [-0.3, -0.25) is 9.59 Å². The molecule has 0 radical (unpaired) electrons. The number of Topliss-reactive ketones (excluding diaryl/α,β-unsaturated/α-hetero) is 1. The largest absolute Gasteiger partial charge is 0.497 e. The second-order valence-corrected chi connectivity index (χ2v) is 5.33. The van der Waals surface area contributed by atoms with E-state index in [2.05, 4.69) is 0 Å². The van der Waals surface area contributed by atoms with Crippen LogP contribution in [0.15, 0.2) is 59.5 Å². The van der Waals surface area contributed by atoms with Crippen LogP contribution >= 0.6 is 0 Å². The molecule has 5 heteroatoms. The fourth-order valence-electron chi connectivity index (χ4n) is 2.62. The van der Waals surface area contributed by atoms with Crippen molar-refractivity contribution >= 4 is 16.6 Å². The lowest BCUT2D eigenvalue weighted by molar-refractivity contribution is 0.0968. The molecular weight excluding hydrogens is 306 g/mol. The number of carbonyl (C=O) groups excluding carboxylic acids is 1. The molecule has 0 amide bonds. The van der Waals surface area contributed by atoms with Gasteiger partial charge in [0.2, 0.25) is 0 Å². The first-order valence-electron chi connectivity index (χ1n) is 7.47. The maximum Gasteiger partial charge on any atom is 0.258 e. The standard InChI is InChI=1S/C19H17NO4/c1-23-14-7-8-16(18(11-14)24-2)17(21)12-20-10-9-13-5-3-4-6-15(13)19(20)22/h3-11H,12H2,1-2H3. The minimum absolute atomic E-state index is 0.0492. The van der Waals surface area contributed by atoms with E-state index in [1.54, 1.807) is 37.6 Å². The summed E-state index contributed by atoms with van der Waals surface area (Å²) in [7, 11) is 3.04. The summed E-state index contributed by atoms with van der Waals surface area (Å²) in [5.74, 6) is 0.825. The number of benzene rings is 2. The Bertz CT molecular complexity index is 959. The highest BCUT2D eigenvalue weighted by molar-refractivity contribution is 5.98. The molecule has 0 saturated carbocycles. The van der Waals surface area contributed by atoms with Gasteiger partial charge in [-0.25, -0.2) is 0 Å². The van der Waals surface area contributed by atoms with E-state index in [-0.39, 0.29) is 17.9 Å². The maximum absolute atomic E-state index is 12.6. The molecule has 0 N–H and O–H groups in total. The summed E-state index contributed by atoms with van der Waals surface area (Å²) in [6.45, 7) is -0.0492. The Morgan fingerprint density at radius 1 is 1.04 bits per heavy atom. The van der Waals surface area contributed by atoms with Gasteiger partial charge in [-0.15, -0.1) is 0 Å². The molecule has 0 saturated heterocycles. The molecule has 2 aromatic carbocycles. The first-order valence-corrected chi connectivity index (χ1v) is 7.47. The lowest BCUT2D eigenvalue weighted by Crippen LogP contribution is -2.24. The van der Waals surface area contributed by atoms with Crippen molar-refractivity contribution < 1.29 is 14.3 Å². The molecule has 0 aliphatic heterocycles. The lowest BCUT2D eigenvalue weighted by Gasteiger charge is -2.11. The van der Waals surface area contributed by atoms with Crippen molar-refractivity contribution in [3.8, 4) is 11.5 Å². The SMILES string of the molecule is COc1ccc(C(=O)Cn2ccc3ccccc3c2=O)c(OC)c1. The van der Waals surface area contributed by atoms with E-state index in [4.69, 9.17) is 9.47 Å². The average molecular weight is 323 g/mol. The summed E-state index contributed by atoms with van der Waals surface area (Å²) in [6, 6.07) is 14.1. The number of ether oxygens (including phenoxy) is 2. The van der Waals surface area contributed by atoms with Crippen molar-refractivity contribution in [2.75, 3.05) is 14.2 Å². The van der Waals surface area contributed by atoms with Crippen molar-refractivity contribution in [2.24, 2.45) is 0 Å². The number of nitrogens with zero attached hydrogens (tertiary/aromatic N) is 1. The minimum Gasteiger partial charge on any atom is -0.497 e. The Labute approximate surface area is 139 Å². The van der Waals surface area contributed by atoms with E-state index >= 15 is 0 Å². The monoisotopic (exact) mass is 323 g/mol. The summed E-state index contributed by atoms with van der Waals surface area (Å²) in [4.78, 5) is 25.1. The Balaban J connectivity index is 1.96. The molecule has 0 bridgehead atoms. The predicted molar refractivity (Wildman–Crippen MR) is 92.1 cm³/mol. The van der Waals surface area contributed by atoms with E-state index in [0.717, 1.165) is 5.39 Å². The highest BCUT2D eigenvalue weighted by Crippen LogP contribution is 2.25. The van der Waals surface area contributed by atoms with Crippen LogP contribution in [0.1, 0.15) is 10.4 Å². The van der Waals surface area contributed by atoms with Crippen LogP contribution in [0.25, 0.3) is 10.8 Å². The summed E-state index contributed by atoms with van der Waals surface area (Å²) >= 11 is 0. The molecule has 1 heterocycles. The second-order valence-electron chi connectivity index (χ2n) is 5.33. The van der Waals surface area contributed by atoms with Gasteiger partial charge in [-0.05, 0) is 29.7 Å². The third kappa shape index (κ3) is 2.88. The van der Waals surface area contributed by atoms with Crippen LogP contribution in [0.5, 0.6) is 11.5 Å². The normalized spacial score (nSPS) is 10.6. The Hall–Kier alpha value is -3.08. The molecule has 122 valence electrons. The topological polar surface area (TPSA) is 57.5 Å². The van der Waals surface area contributed by atoms with Crippen molar-refractivity contribution in [1.29, 1.82) is 0 Å². The lowest BCUT2D eigenvalue weighted by atomic mass is 10.1. The van der Waals surface area contributed by atoms with E-state index in [0.29, 0.717) is 22.4 Å². The Kier molecular flexibility index (Phi) is 4.33. The Morgan fingerprint density at radius 2 is 1.83 bits per heavy atom. The van der Waals surface area contributed by atoms with Crippen LogP contribution in [0.2, 0.25) is 0 Å². The molecular formula is C19H17NO4. The zero-order valence-electron chi connectivity index (χ0n) is 13.5. The highest BCUT2D eigenvalue weighted by atomic mass is 16.5. The van der Waals surface area contributed by atoms with E-state index in [9.17, 15) is 9.59 Å². The van der Waals surface area contributed by atoms with Crippen LogP contribution < -0.4 is 15.0 Å². The highest BCUT2D eigenvalue weighted by Gasteiger charge is 2.15. The van der Waals surface area contributed by atoms with Crippen LogP contribution in [-0.2, 0) is 6.54 Å². The van der Waals surface area contributed by atoms with Gasteiger partial charge in [0.05, 0.1) is 26.3 Å². The van der Waals surface area contributed by atoms with Crippen molar-refractivity contribution in [1.82, 2.24) is 4.57 Å². The van der Waals surface area contributed by atoms with Crippen molar-refractivity contribution in [2.45, 2.75) is 6.54 Å². The summed E-state index contributed by atoms with van der Waals surface area (Å²) in [5.41, 5.74) is 0.229. The molecule has 0 aliphatic carbocycles. The third-order valence-corrected chi connectivity index (χ3v) is 3.91. The number of ketones is 1. The van der Waals surface area contributed by atoms with Gasteiger partial charge in [-0.2, -0.15) is 0 Å². The molecule has 5 nitrogen and oxygen atoms in total. The van der Waals surface area contributed by atoms with Crippen LogP contribution in [0.3, 0.4) is 0 Å². The van der Waals surface area contributed by atoms with E-state index < -0.39 is 0 Å². The van der Waals surface area contributed by atoms with Crippen molar-refractivity contribution in [3.63, 3.8) is 0 Å². The van der Waals surface area contributed by atoms with Gasteiger partial charge in [-0.1, -0.05) is 18.2 Å². The first-order chi connectivity index (χ1) is 11.6. The van der Waals surface area contributed by atoms with Crippen LogP contribution in [-0.4, -0.2) is 24.6 Å². The molecule has 0 fully saturated rings. The molecule has 0 atom stereocenters. The fourth-order valence-corrected chi connectivity index (χ4v) is 2.62. The van der Waals surface area contributed by atoms with E-state index in [1.165, 1.54) is 11.7 Å². The maximum atomic E-state index is 12.6. The molecule has 0 aliphatic rings. The average Bonchev–Trinajstić information content (AvgIpc) is 2.63. The number of hydrogen-bond donors (Lipinski definition) is 0. The molecule has 24 heavy (non-hydrogen) atoms. The summed E-state index contributed by atoms with van der Waals surface area (Å²) in [6.07, 6.45) is 1.64. The zero-order chi connectivity index (χ0) is 17.1. The number of fused-ring (bicyclic) bond motifs is 1. The number of aromatic nitrogens is 1. The van der Waals surface area contributed by atoms with Gasteiger partial charge < -0.3 is 14.0 Å². The number of rotatable bonds is 5. The van der Waals surface area contributed by atoms with Gasteiger partial charge in [0.25, 0.3) is 5.56 Å². The number of hydrogen-bond acceptors (Lipinski definition) is 4. The van der Waals surface area contributed by atoms with Gasteiger partial charge in [0.1, 0.15) is 11.5 Å². The zero-order valence-corrected chi connectivity index (χ0v) is 13.5. The molecule has 0 spiro atoms. The fraction of sp³-hybridized carbons (Fsp3) is 0.158. The molecule has 3 rings (SSSR count). The van der Waals surface area contributed by atoms with Gasteiger partial charge in [0.15, 0.2) is 5.78 Å². The molecule has 3 aromatic rings. The third-order valence-electron chi connectivity index (χ3n) is 3.91. The van der Waals surface area contributed by atoms with E-state index in [1.807, 2.05) is 24.3 Å². The summed E-state index contributed by atoms with van der Waals surface area (Å²) in [5, 5.41) is 1.45. The summed E-state index contributed by atoms with van der Waals surface area (Å²) < 4.78 is 11.8. The predicted octanol–water partition coefficient (Wildman–Crippen LogP) is 2.90. The van der Waals surface area contributed by atoms with Crippen molar-refractivity contribution in [3.05, 3.63) is 70.6 Å². The second kappa shape index (κ2) is 6.58. The molecule has 1 aromatic heterocycles. The minimum atomic E-state index is -0.202. The van der Waals surface area contributed by atoms with Crippen LogP contribution in [0, 0.1) is 0 Å². The Morgan fingerprint density at radius 3 is 2.58 bits per heavy atom. The first kappa shape index (κ1) is 15.8. The van der Waals surface area contributed by atoms with Crippen LogP contribution in [0.4, 0.5) is 0 Å². The number of carbonyl (C=O) groups is 1. The van der Waals surface area contributed by atoms with Gasteiger partial charge in [0, 0.05) is 17.6 Å². The quantitative estimate of drug-likeness (QED) is 0.678. The number of methoxy groups -OCH3 is 2. The smallest absolute Gasteiger partial charge is 0.258 e. The number of pyridine rings is 1. The van der Waals surface area contributed by atoms with Gasteiger partial charge >= 0.3 is 0 Å². The molecule has 0 unspecified atom stereocenters.